The number of rotatable bonds is 6. The highest BCUT2D eigenvalue weighted by Gasteiger charge is 2.13. The van der Waals surface area contributed by atoms with Crippen LogP contribution in [0.25, 0.3) is 0 Å². The quantitative estimate of drug-likeness (QED) is 0.799. The van der Waals surface area contributed by atoms with Crippen molar-refractivity contribution in [3.8, 4) is 5.75 Å². The molecule has 0 aromatic heterocycles. The molecule has 0 spiro atoms. The zero-order chi connectivity index (χ0) is 16.8. The number of nitrogens with one attached hydrogen (secondary N) is 2. The Morgan fingerprint density at radius 3 is 2.39 bits per heavy atom. The fourth-order valence-corrected chi connectivity index (χ4v) is 1.84. The lowest BCUT2D eigenvalue weighted by Crippen LogP contribution is -2.22. The molecule has 2 rings (SSSR count). The lowest BCUT2D eigenvalue weighted by molar-refractivity contribution is -0.114. The van der Waals surface area contributed by atoms with E-state index >= 15 is 0 Å². The third kappa shape index (κ3) is 4.38. The summed E-state index contributed by atoms with van der Waals surface area (Å²) in [7, 11) is 0. The van der Waals surface area contributed by atoms with E-state index in [-0.39, 0.29) is 12.2 Å². The summed E-state index contributed by atoms with van der Waals surface area (Å²) >= 11 is 0. The normalized spacial score (nSPS) is 10.3. The van der Waals surface area contributed by atoms with Crippen LogP contribution in [0.3, 0.4) is 0 Å². The molecular formula is C16H15F3N2O2. The van der Waals surface area contributed by atoms with Gasteiger partial charge in [0.05, 0.1) is 18.8 Å². The second kappa shape index (κ2) is 7.53. The van der Waals surface area contributed by atoms with E-state index < -0.39 is 23.4 Å². The van der Waals surface area contributed by atoms with Gasteiger partial charge in [-0.25, -0.2) is 13.2 Å². The van der Waals surface area contributed by atoms with Crippen molar-refractivity contribution in [2.24, 2.45) is 0 Å². The summed E-state index contributed by atoms with van der Waals surface area (Å²) in [6, 6.07) is 8.51. The van der Waals surface area contributed by atoms with E-state index in [4.69, 9.17) is 4.74 Å². The smallest absolute Gasteiger partial charge is 0.243 e. The summed E-state index contributed by atoms with van der Waals surface area (Å²) < 4.78 is 44.6. The predicted molar refractivity (Wildman–Crippen MR) is 81.0 cm³/mol. The number of hydrogen-bond donors (Lipinski definition) is 2. The first-order valence-corrected chi connectivity index (χ1v) is 6.91. The molecular weight excluding hydrogens is 309 g/mol. The van der Waals surface area contributed by atoms with Gasteiger partial charge in [-0.2, -0.15) is 0 Å². The standard InChI is InChI=1S/C16H15F3N2O2/c1-2-23-11-5-3-10(4-6-11)21-14(22)9-20-13-8-7-12(17)15(18)16(13)19/h3-8,20H,2,9H2,1H3,(H,21,22). The van der Waals surface area contributed by atoms with Crippen LogP contribution < -0.4 is 15.4 Å². The van der Waals surface area contributed by atoms with Gasteiger partial charge in [0, 0.05) is 5.69 Å². The van der Waals surface area contributed by atoms with Crippen LogP contribution in [-0.2, 0) is 4.79 Å². The maximum Gasteiger partial charge on any atom is 0.243 e. The molecule has 7 heteroatoms. The highest BCUT2D eigenvalue weighted by molar-refractivity contribution is 5.93. The topological polar surface area (TPSA) is 50.4 Å². The number of amides is 1. The van der Waals surface area contributed by atoms with Gasteiger partial charge < -0.3 is 15.4 Å². The Hall–Kier alpha value is -2.70. The van der Waals surface area contributed by atoms with Gasteiger partial charge in [-0.3, -0.25) is 4.79 Å². The molecule has 0 aliphatic heterocycles. The maximum atomic E-state index is 13.4. The van der Waals surface area contributed by atoms with Crippen LogP contribution in [0.1, 0.15) is 6.92 Å². The third-order valence-corrected chi connectivity index (χ3v) is 2.92. The van der Waals surface area contributed by atoms with E-state index in [2.05, 4.69) is 10.6 Å². The van der Waals surface area contributed by atoms with Crippen molar-refractivity contribution in [1.82, 2.24) is 0 Å². The third-order valence-electron chi connectivity index (χ3n) is 2.92. The molecule has 2 N–H and O–H groups in total. The molecule has 0 fully saturated rings. The van der Waals surface area contributed by atoms with E-state index in [1.54, 1.807) is 24.3 Å². The van der Waals surface area contributed by atoms with Crippen LogP contribution in [0.4, 0.5) is 24.5 Å². The number of ether oxygens (including phenoxy) is 1. The summed E-state index contributed by atoms with van der Waals surface area (Å²) in [6.07, 6.45) is 0. The Balaban J connectivity index is 1.91. The van der Waals surface area contributed by atoms with Crippen molar-refractivity contribution < 1.29 is 22.7 Å². The van der Waals surface area contributed by atoms with Crippen LogP contribution in [0, 0.1) is 17.5 Å². The highest BCUT2D eigenvalue weighted by Crippen LogP contribution is 2.19. The largest absolute Gasteiger partial charge is 0.494 e. The van der Waals surface area contributed by atoms with Crippen molar-refractivity contribution in [3.05, 3.63) is 53.8 Å². The molecule has 0 heterocycles. The van der Waals surface area contributed by atoms with Gasteiger partial charge in [-0.05, 0) is 43.3 Å². The van der Waals surface area contributed by atoms with E-state index in [0.29, 0.717) is 18.0 Å². The Morgan fingerprint density at radius 2 is 1.74 bits per heavy atom. The van der Waals surface area contributed by atoms with E-state index in [9.17, 15) is 18.0 Å². The highest BCUT2D eigenvalue weighted by atomic mass is 19.2. The van der Waals surface area contributed by atoms with Crippen molar-refractivity contribution in [3.63, 3.8) is 0 Å². The summed E-state index contributed by atoms with van der Waals surface area (Å²) in [5, 5.41) is 4.99. The first-order valence-electron chi connectivity index (χ1n) is 6.91. The summed E-state index contributed by atoms with van der Waals surface area (Å²) in [5.41, 5.74) is 0.247. The molecule has 0 aliphatic rings. The average molecular weight is 324 g/mol. The molecule has 0 unspecified atom stereocenters. The molecule has 0 atom stereocenters. The number of hydrogen-bond acceptors (Lipinski definition) is 3. The number of carbonyl (C=O) groups is 1. The molecule has 0 saturated carbocycles. The summed E-state index contributed by atoms with van der Waals surface area (Å²) in [6.45, 7) is 2.10. The van der Waals surface area contributed by atoms with Crippen LogP contribution in [-0.4, -0.2) is 19.1 Å². The maximum absolute atomic E-state index is 13.4. The Bertz CT molecular complexity index is 690. The lowest BCUT2D eigenvalue weighted by Gasteiger charge is -2.10. The number of anilines is 2. The zero-order valence-corrected chi connectivity index (χ0v) is 12.3. The van der Waals surface area contributed by atoms with Gasteiger partial charge in [-0.1, -0.05) is 0 Å². The number of carbonyl (C=O) groups excluding carboxylic acids is 1. The molecule has 2 aromatic rings. The van der Waals surface area contributed by atoms with Gasteiger partial charge in [0.2, 0.25) is 5.91 Å². The summed E-state index contributed by atoms with van der Waals surface area (Å²) in [5.74, 6) is -4.02. The molecule has 0 saturated heterocycles. The molecule has 23 heavy (non-hydrogen) atoms. The molecule has 0 radical (unpaired) electrons. The minimum Gasteiger partial charge on any atom is -0.494 e. The van der Waals surface area contributed by atoms with Crippen molar-refractivity contribution in [2.45, 2.75) is 6.92 Å². The average Bonchev–Trinajstić information content (AvgIpc) is 2.54. The molecule has 0 aliphatic carbocycles. The van der Waals surface area contributed by atoms with Gasteiger partial charge in [-0.15, -0.1) is 0 Å². The monoisotopic (exact) mass is 324 g/mol. The fraction of sp³-hybridized carbons (Fsp3) is 0.188. The minimum atomic E-state index is -1.58. The Labute approximate surface area is 131 Å². The molecule has 1 amide bonds. The molecule has 0 bridgehead atoms. The first-order chi connectivity index (χ1) is 11.0. The van der Waals surface area contributed by atoms with Crippen LogP contribution >= 0.6 is 0 Å². The van der Waals surface area contributed by atoms with Gasteiger partial charge in [0.25, 0.3) is 0 Å². The number of halogens is 3. The van der Waals surface area contributed by atoms with Gasteiger partial charge in [0.1, 0.15) is 5.75 Å². The number of benzene rings is 2. The molecule has 4 nitrogen and oxygen atoms in total. The fourth-order valence-electron chi connectivity index (χ4n) is 1.84. The predicted octanol–water partition coefficient (Wildman–Crippen LogP) is 3.55. The van der Waals surface area contributed by atoms with E-state index in [0.717, 1.165) is 12.1 Å². The lowest BCUT2D eigenvalue weighted by atomic mass is 10.2. The Kier molecular flexibility index (Phi) is 5.46. The van der Waals surface area contributed by atoms with E-state index in [1.807, 2.05) is 6.92 Å². The second-order valence-electron chi connectivity index (χ2n) is 4.58. The van der Waals surface area contributed by atoms with Gasteiger partial charge in [0.15, 0.2) is 17.5 Å². The minimum absolute atomic E-state index is 0.286. The van der Waals surface area contributed by atoms with Crippen LogP contribution in [0.5, 0.6) is 5.75 Å². The second-order valence-corrected chi connectivity index (χ2v) is 4.58. The zero-order valence-electron chi connectivity index (χ0n) is 12.3. The molecule has 122 valence electrons. The van der Waals surface area contributed by atoms with Crippen molar-refractivity contribution in [2.75, 3.05) is 23.8 Å². The van der Waals surface area contributed by atoms with E-state index in [1.165, 1.54) is 0 Å². The SMILES string of the molecule is CCOc1ccc(NC(=O)CNc2ccc(F)c(F)c2F)cc1. The van der Waals surface area contributed by atoms with Crippen LogP contribution in [0.2, 0.25) is 0 Å². The summed E-state index contributed by atoms with van der Waals surface area (Å²) in [4.78, 5) is 11.8. The van der Waals surface area contributed by atoms with Gasteiger partial charge >= 0.3 is 0 Å². The van der Waals surface area contributed by atoms with Crippen molar-refractivity contribution >= 4 is 17.3 Å². The molecule has 2 aromatic carbocycles. The van der Waals surface area contributed by atoms with Crippen molar-refractivity contribution in [1.29, 1.82) is 0 Å². The Morgan fingerprint density at radius 1 is 1.04 bits per heavy atom. The van der Waals surface area contributed by atoms with Crippen LogP contribution in [0.15, 0.2) is 36.4 Å². The first kappa shape index (κ1) is 16.7.